The van der Waals surface area contributed by atoms with Crippen LogP contribution in [0.15, 0.2) is 30.3 Å². The minimum atomic E-state index is 0.0867. The van der Waals surface area contributed by atoms with E-state index in [4.69, 9.17) is 0 Å². The lowest BCUT2D eigenvalue weighted by atomic mass is 10.1. The maximum atomic E-state index is 12.0. The van der Waals surface area contributed by atoms with Crippen LogP contribution in [0.2, 0.25) is 0 Å². The molecule has 1 atom stereocenters. The molecule has 1 aromatic heterocycles. The zero-order valence-electron chi connectivity index (χ0n) is 10.6. The molecule has 19 heavy (non-hydrogen) atoms. The van der Waals surface area contributed by atoms with Crippen LogP contribution in [0, 0.1) is 6.92 Å². The highest BCUT2D eigenvalue weighted by molar-refractivity contribution is 7.81. The molecule has 0 bridgehead atoms. The molecule has 0 radical (unpaired) electrons. The van der Waals surface area contributed by atoms with Crippen LogP contribution in [0.3, 0.4) is 0 Å². The van der Waals surface area contributed by atoms with Crippen molar-refractivity contribution in [2.24, 2.45) is 0 Å². The van der Waals surface area contributed by atoms with Crippen molar-refractivity contribution in [1.29, 1.82) is 0 Å². The molecule has 0 aliphatic carbocycles. The van der Waals surface area contributed by atoms with Gasteiger partial charge >= 0.3 is 0 Å². The quantitative estimate of drug-likeness (QED) is 0.826. The van der Waals surface area contributed by atoms with Gasteiger partial charge in [0.25, 0.3) is 0 Å². The summed E-state index contributed by atoms with van der Waals surface area (Å²) < 4.78 is 0. The number of hydrogen-bond acceptors (Lipinski definition) is 3. The molecule has 1 aromatic carbocycles. The summed E-state index contributed by atoms with van der Waals surface area (Å²) in [5.74, 6) is 0.800. The van der Waals surface area contributed by atoms with Crippen LogP contribution in [0.25, 0.3) is 11.1 Å². The highest BCUT2D eigenvalue weighted by Gasteiger charge is 2.32. The van der Waals surface area contributed by atoms with E-state index in [1.807, 2.05) is 37.3 Å². The number of nitrogens with one attached hydrogen (secondary N) is 1. The molecule has 2 heterocycles. The molecule has 1 aliphatic rings. The van der Waals surface area contributed by atoms with E-state index in [9.17, 15) is 4.79 Å². The molecular formula is C14H15N3OS. The Kier molecular flexibility index (Phi) is 3.06. The normalized spacial score (nSPS) is 19.2. The molecule has 5 heteroatoms. The molecule has 1 aliphatic heterocycles. The Morgan fingerprint density at radius 2 is 2.11 bits per heavy atom. The lowest BCUT2D eigenvalue weighted by molar-refractivity contribution is -0.117. The molecule has 1 amide bonds. The molecule has 1 N–H and O–H groups in total. The van der Waals surface area contributed by atoms with Crippen LogP contribution < -0.4 is 4.90 Å². The van der Waals surface area contributed by atoms with E-state index in [1.54, 1.807) is 4.90 Å². The van der Waals surface area contributed by atoms with Gasteiger partial charge in [0.2, 0.25) is 5.91 Å². The van der Waals surface area contributed by atoms with Crippen LogP contribution >= 0.6 is 12.6 Å². The first kappa shape index (κ1) is 12.3. The summed E-state index contributed by atoms with van der Waals surface area (Å²) in [6, 6.07) is 10.0. The minimum absolute atomic E-state index is 0.0867. The first-order valence-electron chi connectivity index (χ1n) is 6.25. The standard InChI is InChI=1S/C14H15N3OS/c1-9-13(10-5-3-2-4-6-10)14(16-15-9)17-8-11(19)7-12(17)18/h2-6,11,19H,7-8H2,1H3,(H,15,16). The predicted molar refractivity (Wildman–Crippen MR) is 78.5 cm³/mol. The zero-order chi connectivity index (χ0) is 13.4. The largest absolute Gasteiger partial charge is 0.294 e. The van der Waals surface area contributed by atoms with Gasteiger partial charge in [0.1, 0.15) is 0 Å². The van der Waals surface area contributed by atoms with Crippen LogP contribution in [-0.4, -0.2) is 27.9 Å². The number of hydrogen-bond donors (Lipinski definition) is 2. The lowest BCUT2D eigenvalue weighted by Crippen LogP contribution is -2.25. The van der Waals surface area contributed by atoms with Gasteiger partial charge in [-0.2, -0.15) is 17.7 Å². The van der Waals surface area contributed by atoms with Crippen LogP contribution in [-0.2, 0) is 4.79 Å². The summed E-state index contributed by atoms with van der Waals surface area (Å²) in [4.78, 5) is 13.7. The highest BCUT2D eigenvalue weighted by Crippen LogP contribution is 2.34. The van der Waals surface area contributed by atoms with E-state index in [0.717, 1.165) is 16.8 Å². The summed E-state index contributed by atoms with van der Waals surface area (Å²) in [7, 11) is 0. The monoisotopic (exact) mass is 273 g/mol. The first-order valence-corrected chi connectivity index (χ1v) is 6.77. The third-order valence-electron chi connectivity index (χ3n) is 3.35. The fourth-order valence-electron chi connectivity index (χ4n) is 2.46. The SMILES string of the molecule is Cc1[nH]nc(N2CC(S)CC2=O)c1-c1ccccc1. The Hall–Kier alpha value is -1.75. The zero-order valence-corrected chi connectivity index (χ0v) is 11.5. The minimum Gasteiger partial charge on any atom is -0.294 e. The fourth-order valence-corrected chi connectivity index (χ4v) is 2.77. The number of rotatable bonds is 2. The van der Waals surface area contributed by atoms with Gasteiger partial charge in [0.15, 0.2) is 5.82 Å². The van der Waals surface area contributed by atoms with Crippen molar-refractivity contribution in [3.8, 4) is 11.1 Å². The number of H-pyrrole nitrogens is 1. The van der Waals surface area contributed by atoms with Crippen LogP contribution in [0.1, 0.15) is 12.1 Å². The highest BCUT2D eigenvalue weighted by atomic mass is 32.1. The molecular weight excluding hydrogens is 258 g/mol. The first-order chi connectivity index (χ1) is 9.16. The van der Waals surface area contributed by atoms with Gasteiger partial charge in [-0.25, -0.2) is 0 Å². The van der Waals surface area contributed by atoms with Crippen molar-refractivity contribution in [1.82, 2.24) is 10.2 Å². The van der Waals surface area contributed by atoms with Gasteiger partial charge in [-0.3, -0.25) is 14.8 Å². The number of aromatic amines is 1. The summed E-state index contributed by atoms with van der Waals surface area (Å²) in [5.41, 5.74) is 3.03. The molecule has 3 rings (SSSR count). The van der Waals surface area contributed by atoms with Gasteiger partial charge in [0, 0.05) is 29.5 Å². The maximum Gasteiger partial charge on any atom is 0.229 e. The van der Waals surface area contributed by atoms with Gasteiger partial charge in [-0.05, 0) is 12.5 Å². The van der Waals surface area contributed by atoms with E-state index >= 15 is 0 Å². The third kappa shape index (κ3) is 2.14. The summed E-state index contributed by atoms with van der Waals surface area (Å²) in [6.45, 7) is 2.59. The number of amides is 1. The molecule has 4 nitrogen and oxygen atoms in total. The van der Waals surface area contributed by atoms with Gasteiger partial charge < -0.3 is 0 Å². The Morgan fingerprint density at radius 3 is 2.74 bits per heavy atom. The summed E-state index contributed by atoms with van der Waals surface area (Å²) in [6.07, 6.45) is 0.475. The Morgan fingerprint density at radius 1 is 1.37 bits per heavy atom. The number of carbonyl (C=O) groups excluding carboxylic acids is 1. The average molecular weight is 273 g/mol. The average Bonchev–Trinajstić information content (AvgIpc) is 2.93. The van der Waals surface area contributed by atoms with E-state index in [1.165, 1.54) is 0 Å². The Labute approximate surface area is 117 Å². The number of aromatic nitrogens is 2. The molecule has 0 spiro atoms. The topological polar surface area (TPSA) is 49.0 Å². The second-order valence-corrected chi connectivity index (χ2v) is 5.51. The maximum absolute atomic E-state index is 12.0. The smallest absolute Gasteiger partial charge is 0.229 e. The Balaban J connectivity index is 2.07. The van der Waals surface area contributed by atoms with Gasteiger partial charge in [-0.15, -0.1) is 0 Å². The van der Waals surface area contributed by atoms with E-state index in [2.05, 4.69) is 22.8 Å². The molecule has 0 saturated carbocycles. The fraction of sp³-hybridized carbons (Fsp3) is 0.286. The second-order valence-electron chi connectivity index (χ2n) is 4.78. The van der Waals surface area contributed by atoms with E-state index < -0.39 is 0 Å². The number of aryl methyl sites for hydroxylation is 1. The van der Waals surface area contributed by atoms with Crippen molar-refractivity contribution in [3.05, 3.63) is 36.0 Å². The molecule has 1 unspecified atom stereocenters. The predicted octanol–water partition coefficient (Wildman–Crippen LogP) is 2.42. The number of anilines is 1. The number of carbonyl (C=O) groups is 1. The van der Waals surface area contributed by atoms with Crippen molar-refractivity contribution >= 4 is 24.4 Å². The van der Waals surface area contributed by atoms with Gasteiger partial charge in [-0.1, -0.05) is 30.3 Å². The molecule has 1 fully saturated rings. The van der Waals surface area contributed by atoms with E-state index in [0.29, 0.717) is 18.8 Å². The van der Waals surface area contributed by atoms with Gasteiger partial charge in [0.05, 0.1) is 0 Å². The third-order valence-corrected chi connectivity index (χ3v) is 3.70. The summed E-state index contributed by atoms with van der Waals surface area (Å²) >= 11 is 4.39. The second kappa shape index (κ2) is 4.74. The molecule has 1 saturated heterocycles. The van der Waals surface area contributed by atoms with Crippen molar-refractivity contribution < 1.29 is 4.79 Å². The number of benzene rings is 1. The van der Waals surface area contributed by atoms with E-state index in [-0.39, 0.29) is 11.2 Å². The molecule has 2 aromatic rings. The number of nitrogens with zero attached hydrogens (tertiary/aromatic N) is 2. The van der Waals surface area contributed by atoms with Crippen molar-refractivity contribution in [2.75, 3.05) is 11.4 Å². The number of thiol groups is 1. The van der Waals surface area contributed by atoms with Crippen molar-refractivity contribution in [2.45, 2.75) is 18.6 Å². The Bertz CT molecular complexity index is 608. The van der Waals surface area contributed by atoms with Crippen LogP contribution in [0.4, 0.5) is 5.82 Å². The lowest BCUT2D eigenvalue weighted by Gasteiger charge is -2.15. The van der Waals surface area contributed by atoms with Crippen molar-refractivity contribution in [3.63, 3.8) is 0 Å². The molecule has 98 valence electrons. The summed E-state index contributed by atoms with van der Waals surface area (Å²) in [5, 5.41) is 7.38. The van der Waals surface area contributed by atoms with Crippen LogP contribution in [0.5, 0.6) is 0 Å².